The summed E-state index contributed by atoms with van der Waals surface area (Å²) in [5.74, 6) is 0.194. The maximum atomic E-state index is 13.7. The van der Waals surface area contributed by atoms with E-state index in [1.165, 1.54) is 44.6 Å². The SMILES string of the molecule is CCN1CC(C(=O)NCC2CCCCCC2)c2c(Br)cc(F)cc21. The lowest BCUT2D eigenvalue weighted by molar-refractivity contribution is -0.122. The maximum absolute atomic E-state index is 13.7. The highest BCUT2D eigenvalue weighted by molar-refractivity contribution is 9.10. The van der Waals surface area contributed by atoms with Gasteiger partial charge in [0.2, 0.25) is 5.91 Å². The Morgan fingerprint density at radius 2 is 2.00 bits per heavy atom. The fourth-order valence-electron chi connectivity index (χ4n) is 4.04. The van der Waals surface area contributed by atoms with Gasteiger partial charge in [-0.2, -0.15) is 0 Å². The van der Waals surface area contributed by atoms with Crippen LogP contribution in [-0.2, 0) is 4.79 Å². The van der Waals surface area contributed by atoms with Crippen molar-refractivity contribution in [2.45, 2.75) is 51.4 Å². The van der Waals surface area contributed by atoms with E-state index in [2.05, 4.69) is 26.1 Å². The van der Waals surface area contributed by atoms with Crippen LogP contribution in [0, 0.1) is 11.7 Å². The number of benzene rings is 1. The molecule has 1 aromatic carbocycles. The quantitative estimate of drug-likeness (QED) is 0.754. The predicted octanol–water partition coefficient (Wildman–Crippen LogP) is 4.60. The lowest BCUT2D eigenvalue weighted by Gasteiger charge is -2.18. The van der Waals surface area contributed by atoms with Gasteiger partial charge in [-0.1, -0.05) is 41.6 Å². The number of carbonyl (C=O) groups is 1. The van der Waals surface area contributed by atoms with Gasteiger partial charge < -0.3 is 10.2 Å². The van der Waals surface area contributed by atoms with E-state index < -0.39 is 0 Å². The molecule has 1 aliphatic carbocycles. The fraction of sp³-hybridized carbons (Fsp3) is 0.632. The van der Waals surface area contributed by atoms with Crippen molar-refractivity contribution in [2.24, 2.45) is 5.92 Å². The van der Waals surface area contributed by atoms with Crippen LogP contribution < -0.4 is 10.2 Å². The van der Waals surface area contributed by atoms with Crippen molar-refractivity contribution < 1.29 is 9.18 Å². The number of hydrogen-bond donors (Lipinski definition) is 1. The zero-order valence-electron chi connectivity index (χ0n) is 14.3. The molecular formula is C19H26BrFN2O. The lowest BCUT2D eigenvalue weighted by Crippen LogP contribution is -2.35. The Balaban J connectivity index is 1.70. The van der Waals surface area contributed by atoms with Crippen LogP contribution in [0.15, 0.2) is 16.6 Å². The smallest absolute Gasteiger partial charge is 0.229 e. The minimum Gasteiger partial charge on any atom is -0.370 e. The van der Waals surface area contributed by atoms with Gasteiger partial charge in [-0.3, -0.25) is 4.79 Å². The second-order valence-electron chi connectivity index (χ2n) is 7.01. The van der Waals surface area contributed by atoms with Gasteiger partial charge in [-0.25, -0.2) is 4.39 Å². The molecule has 1 aromatic rings. The Bertz CT molecular complexity index is 599. The Morgan fingerprint density at radius 3 is 2.67 bits per heavy atom. The third kappa shape index (κ3) is 3.76. The first-order valence-electron chi connectivity index (χ1n) is 9.11. The molecule has 1 N–H and O–H groups in total. The molecule has 3 rings (SSSR count). The molecule has 1 aliphatic heterocycles. The molecule has 24 heavy (non-hydrogen) atoms. The molecule has 132 valence electrons. The summed E-state index contributed by atoms with van der Waals surface area (Å²) in [7, 11) is 0. The van der Waals surface area contributed by atoms with Crippen molar-refractivity contribution in [3.05, 3.63) is 28.0 Å². The molecule has 0 saturated heterocycles. The number of fused-ring (bicyclic) bond motifs is 1. The van der Waals surface area contributed by atoms with Gasteiger partial charge >= 0.3 is 0 Å². The lowest BCUT2D eigenvalue weighted by atomic mass is 9.98. The van der Waals surface area contributed by atoms with Gasteiger partial charge in [0.1, 0.15) is 5.82 Å². The summed E-state index contributed by atoms with van der Waals surface area (Å²) < 4.78 is 14.4. The first-order valence-corrected chi connectivity index (χ1v) is 9.91. The number of nitrogens with one attached hydrogen (secondary N) is 1. The molecule has 1 amide bonds. The Morgan fingerprint density at radius 1 is 1.29 bits per heavy atom. The van der Waals surface area contributed by atoms with Crippen LogP contribution in [0.4, 0.5) is 10.1 Å². The minimum absolute atomic E-state index is 0.0729. The van der Waals surface area contributed by atoms with Crippen LogP contribution in [-0.4, -0.2) is 25.5 Å². The van der Waals surface area contributed by atoms with Crippen LogP contribution in [0.1, 0.15) is 56.9 Å². The summed E-state index contributed by atoms with van der Waals surface area (Å²) >= 11 is 3.45. The van der Waals surface area contributed by atoms with E-state index in [9.17, 15) is 9.18 Å². The van der Waals surface area contributed by atoms with E-state index in [1.807, 2.05) is 6.92 Å². The van der Waals surface area contributed by atoms with Gasteiger partial charge in [0.15, 0.2) is 0 Å². The van der Waals surface area contributed by atoms with Gasteiger partial charge in [0, 0.05) is 35.4 Å². The molecule has 1 atom stereocenters. The average molecular weight is 397 g/mol. The van der Waals surface area contributed by atoms with Crippen LogP contribution in [0.2, 0.25) is 0 Å². The summed E-state index contributed by atoms with van der Waals surface area (Å²) in [6.45, 7) is 4.21. The summed E-state index contributed by atoms with van der Waals surface area (Å²) in [4.78, 5) is 14.9. The number of amides is 1. The molecule has 0 spiro atoms. The van der Waals surface area contributed by atoms with E-state index in [4.69, 9.17) is 0 Å². The summed E-state index contributed by atoms with van der Waals surface area (Å²) in [6.07, 6.45) is 7.65. The van der Waals surface area contributed by atoms with Crippen molar-refractivity contribution in [1.29, 1.82) is 0 Å². The first-order chi connectivity index (χ1) is 11.6. The van der Waals surface area contributed by atoms with Crippen molar-refractivity contribution in [2.75, 3.05) is 24.5 Å². The van der Waals surface area contributed by atoms with Crippen molar-refractivity contribution >= 4 is 27.5 Å². The van der Waals surface area contributed by atoms with Crippen molar-refractivity contribution in [1.82, 2.24) is 5.32 Å². The highest BCUT2D eigenvalue weighted by Crippen LogP contribution is 2.41. The molecule has 0 radical (unpaired) electrons. The molecule has 5 heteroatoms. The Hall–Kier alpha value is -1.10. The first kappa shape index (κ1) is 17.7. The number of hydrogen-bond acceptors (Lipinski definition) is 2. The summed E-state index contributed by atoms with van der Waals surface area (Å²) in [5, 5.41) is 3.17. The molecule has 2 aliphatic rings. The molecule has 1 unspecified atom stereocenters. The van der Waals surface area contributed by atoms with Gasteiger partial charge in [-0.05, 0) is 37.8 Å². The molecule has 0 aromatic heterocycles. The number of anilines is 1. The normalized spacial score (nSPS) is 21.5. The number of likely N-dealkylation sites (N-methyl/N-ethyl adjacent to an activating group) is 1. The van der Waals surface area contributed by atoms with Gasteiger partial charge in [0.25, 0.3) is 0 Å². The van der Waals surface area contributed by atoms with E-state index >= 15 is 0 Å². The van der Waals surface area contributed by atoms with E-state index in [0.717, 1.165) is 24.3 Å². The Kier molecular flexibility index (Phi) is 5.80. The molecular weight excluding hydrogens is 371 g/mol. The van der Waals surface area contributed by atoms with Crippen LogP contribution >= 0.6 is 15.9 Å². The van der Waals surface area contributed by atoms with Gasteiger partial charge in [-0.15, -0.1) is 0 Å². The Labute approximate surface area is 152 Å². The molecule has 1 saturated carbocycles. The molecule has 3 nitrogen and oxygen atoms in total. The van der Waals surface area contributed by atoms with E-state index in [-0.39, 0.29) is 17.6 Å². The number of nitrogens with zero attached hydrogens (tertiary/aromatic N) is 1. The van der Waals surface area contributed by atoms with Crippen LogP contribution in [0.3, 0.4) is 0 Å². The largest absolute Gasteiger partial charge is 0.370 e. The summed E-state index contributed by atoms with van der Waals surface area (Å²) in [5.41, 5.74) is 1.77. The monoisotopic (exact) mass is 396 g/mol. The topological polar surface area (TPSA) is 32.3 Å². The standard InChI is InChI=1S/C19H26BrFN2O/c1-2-23-12-15(18-16(20)9-14(21)10-17(18)23)19(24)22-11-13-7-5-3-4-6-8-13/h9-10,13,15H,2-8,11-12H2,1H3,(H,22,24). The second-order valence-corrected chi connectivity index (χ2v) is 7.87. The number of rotatable bonds is 4. The molecule has 1 fully saturated rings. The molecule has 0 bridgehead atoms. The second kappa shape index (κ2) is 7.85. The van der Waals surface area contributed by atoms with Gasteiger partial charge in [0.05, 0.1) is 5.92 Å². The van der Waals surface area contributed by atoms with Crippen molar-refractivity contribution in [3.63, 3.8) is 0 Å². The number of carbonyl (C=O) groups excluding carboxylic acids is 1. The van der Waals surface area contributed by atoms with Crippen LogP contribution in [0.25, 0.3) is 0 Å². The van der Waals surface area contributed by atoms with Crippen molar-refractivity contribution in [3.8, 4) is 0 Å². The number of halogens is 2. The fourth-order valence-corrected chi connectivity index (χ4v) is 4.74. The van der Waals surface area contributed by atoms with Crippen LogP contribution in [0.5, 0.6) is 0 Å². The minimum atomic E-state index is -0.265. The zero-order chi connectivity index (χ0) is 17.1. The average Bonchev–Trinajstić information content (AvgIpc) is 2.74. The predicted molar refractivity (Wildman–Crippen MR) is 98.9 cm³/mol. The highest BCUT2D eigenvalue weighted by atomic mass is 79.9. The third-order valence-electron chi connectivity index (χ3n) is 5.40. The maximum Gasteiger partial charge on any atom is 0.229 e. The molecule has 1 heterocycles. The van der Waals surface area contributed by atoms with E-state index in [0.29, 0.717) is 16.9 Å². The highest BCUT2D eigenvalue weighted by Gasteiger charge is 2.35. The summed E-state index contributed by atoms with van der Waals surface area (Å²) in [6, 6.07) is 3.01. The third-order valence-corrected chi connectivity index (χ3v) is 6.06. The van der Waals surface area contributed by atoms with E-state index in [1.54, 1.807) is 6.07 Å². The zero-order valence-corrected chi connectivity index (χ0v) is 15.9.